The average Bonchev–Trinajstić information content (AvgIpc) is 2.00. The summed E-state index contributed by atoms with van der Waals surface area (Å²) in [6.45, 7) is 4.13. The zero-order valence-electron chi connectivity index (χ0n) is 6.89. The summed E-state index contributed by atoms with van der Waals surface area (Å²) in [5, 5.41) is 0. The number of carbonyl (C=O) groups is 1. The molecule has 0 radical (unpaired) electrons. The quantitative estimate of drug-likeness (QED) is 0.592. The fourth-order valence-electron chi connectivity index (χ4n) is 0.950. The summed E-state index contributed by atoms with van der Waals surface area (Å²) in [5.74, 6) is 0. The smallest absolute Gasteiger partial charge is 0.120 e. The van der Waals surface area contributed by atoms with Gasteiger partial charge in [0.25, 0.3) is 0 Å². The van der Waals surface area contributed by atoms with Gasteiger partial charge in [0, 0.05) is 12.0 Å². The number of carbonyl (C=O) groups excluding carboxylic acids is 1. The lowest BCUT2D eigenvalue weighted by Gasteiger charge is -2.25. The summed E-state index contributed by atoms with van der Waals surface area (Å²) in [6, 6.07) is 0. The number of nitrogens with two attached hydrogens (primary N) is 1. The molecule has 2 heteroatoms. The molecule has 0 saturated carbocycles. The third-order valence-corrected chi connectivity index (χ3v) is 2.17. The van der Waals surface area contributed by atoms with Crippen LogP contribution in [0.3, 0.4) is 0 Å². The first kappa shape index (κ1) is 9.63. The summed E-state index contributed by atoms with van der Waals surface area (Å²) in [6.07, 6.45) is 4.27. The van der Waals surface area contributed by atoms with Crippen LogP contribution in [0.5, 0.6) is 0 Å². The second-order valence-corrected chi connectivity index (χ2v) is 2.77. The molecule has 0 aromatic carbocycles. The van der Waals surface area contributed by atoms with Crippen LogP contribution in [0.15, 0.2) is 0 Å². The van der Waals surface area contributed by atoms with E-state index in [9.17, 15) is 4.79 Å². The Morgan fingerprint density at radius 1 is 1.40 bits per heavy atom. The Labute approximate surface area is 62.8 Å². The summed E-state index contributed by atoms with van der Waals surface area (Å²) in [4.78, 5) is 10.0. The van der Waals surface area contributed by atoms with Crippen LogP contribution in [0.2, 0.25) is 0 Å². The van der Waals surface area contributed by atoms with Gasteiger partial charge in [-0.2, -0.15) is 0 Å². The maximum atomic E-state index is 10.0. The van der Waals surface area contributed by atoms with Crippen LogP contribution in [-0.4, -0.2) is 11.8 Å². The second kappa shape index (κ2) is 4.45. The number of aldehydes is 1. The molecule has 0 aromatic rings. The van der Waals surface area contributed by atoms with Gasteiger partial charge in [0.15, 0.2) is 0 Å². The molecule has 2 N–H and O–H groups in total. The molecule has 0 saturated heterocycles. The zero-order chi connectivity index (χ0) is 8.04. The van der Waals surface area contributed by atoms with E-state index in [1.165, 1.54) is 0 Å². The zero-order valence-corrected chi connectivity index (χ0v) is 6.89. The van der Waals surface area contributed by atoms with Gasteiger partial charge in [-0.15, -0.1) is 0 Å². The first-order valence-electron chi connectivity index (χ1n) is 3.91. The standard InChI is InChI=1S/C8H17NO/c1-3-8(9,4-2)6-5-7-10/h7H,3-6,9H2,1-2H3. The Bertz CT molecular complexity index is 97.4. The van der Waals surface area contributed by atoms with Crippen molar-refractivity contribution in [2.24, 2.45) is 5.73 Å². The summed E-state index contributed by atoms with van der Waals surface area (Å²) >= 11 is 0. The van der Waals surface area contributed by atoms with Crippen LogP contribution < -0.4 is 5.73 Å². The highest BCUT2D eigenvalue weighted by atomic mass is 16.1. The number of hydrogen-bond acceptors (Lipinski definition) is 2. The largest absolute Gasteiger partial charge is 0.325 e. The molecule has 0 fully saturated rings. The van der Waals surface area contributed by atoms with Gasteiger partial charge in [0.2, 0.25) is 0 Å². The molecule has 0 rings (SSSR count). The van der Waals surface area contributed by atoms with Crippen molar-refractivity contribution in [3.63, 3.8) is 0 Å². The van der Waals surface area contributed by atoms with Gasteiger partial charge in [0.1, 0.15) is 6.29 Å². The fourth-order valence-corrected chi connectivity index (χ4v) is 0.950. The van der Waals surface area contributed by atoms with E-state index < -0.39 is 0 Å². The first-order valence-corrected chi connectivity index (χ1v) is 3.91. The molecular weight excluding hydrogens is 126 g/mol. The molecule has 2 nitrogen and oxygen atoms in total. The van der Waals surface area contributed by atoms with Gasteiger partial charge in [-0.3, -0.25) is 0 Å². The van der Waals surface area contributed by atoms with Gasteiger partial charge < -0.3 is 10.5 Å². The minimum atomic E-state index is -0.0963. The van der Waals surface area contributed by atoms with Crippen LogP contribution in [0, 0.1) is 0 Å². The molecule has 10 heavy (non-hydrogen) atoms. The Balaban J connectivity index is 3.68. The minimum absolute atomic E-state index is 0.0963. The molecule has 0 atom stereocenters. The van der Waals surface area contributed by atoms with E-state index in [1.54, 1.807) is 0 Å². The SMILES string of the molecule is CCC(N)(CC)CCC=O. The Kier molecular flexibility index (Phi) is 4.28. The maximum absolute atomic E-state index is 10.0. The molecular formula is C8H17NO. The maximum Gasteiger partial charge on any atom is 0.120 e. The van der Waals surface area contributed by atoms with Crippen molar-refractivity contribution in [2.45, 2.75) is 45.1 Å². The van der Waals surface area contributed by atoms with Gasteiger partial charge in [-0.1, -0.05) is 13.8 Å². The minimum Gasteiger partial charge on any atom is -0.325 e. The Morgan fingerprint density at radius 2 is 1.90 bits per heavy atom. The van der Waals surface area contributed by atoms with E-state index in [-0.39, 0.29) is 5.54 Å². The third kappa shape index (κ3) is 2.97. The van der Waals surface area contributed by atoms with E-state index in [1.807, 2.05) is 0 Å². The predicted molar refractivity (Wildman–Crippen MR) is 42.8 cm³/mol. The van der Waals surface area contributed by atoms with Gasteiger partial charge in [0.05, 0.1) is 0 Å². The van der Waals surface area contributed by atoms with Crippen LogP contribution in [0.25, 0.3) is 0 Å². The van der Waals surface area contributed by atoms with Crippen molar-refractivity contribution >= 4 is 6.29 Å². The molecule has 0 bridgehead atoms. The highest BCUT2D eigenvalue weighted by Crippen LogP contribution is 2.16. The van der Waals surface area contributed by atoms with E-state index in [4.69, 9.17) is 5.73 Å². The lowest BCUT2D eigenvalue weighted by Crippen LogP contribution is -2.38. The van der Waals surface area contributed by atoms with Crippen molar-refractivity contribution in [3.8, 4) is 0 Å². The summed E-state index contributed by atoms with van der Waals surface area (Å²) in [7, 11) is 0. The monoisotopic (exact) mass is 143 g/mol. The molecule has 0 aliphatic rings. The summed E-state index contributed by atoms with van der Waals surface area (Å²) < 4.78 is 0. The fraction of sp³-hybridized carbons (Fsp3) is 0.875. The van der Waals surface area contributed by atoms with E-state index in [2.05, 4.69) is 13.8 Å². The van der Waals surface area contributed by atoms with Gasteiger partial charge in [-0.25, -0.2) is 0 Å². The van der Waals surface area contributed by atoms with Crippen molar-refractivity contribution in [1.29, 1.82) is 0 Å². The molecule has 0 aliphatic heterocycles. The summed E-state index contributed by atoms with van der Waals surface area (Å²) in [5.41, 5.74) is 5.83. The topological polar surface area (TPSA) is 43.1 Å². The van der Waals surface area contributed by atoms with Crippen molar-refractivity contribution < 1.29 is 4.79 Å². The van der Waals surface area contributed by atoms with Crippen molar-refractivity contribution in [2.75, 3.05) is 0 Å². The van der Waals surface area contributed by atoms with Crippen molar-refractivity contribution in [1.82, 2.24) is 0 Å². The van der Waals surface area contributed by atoms with Crippen LogP contribution >= 0.6 is 0 Å². The lowest BCUT2D eigenvalue weighted by molar-refractivity contribution is -0.108. The van der Waals surface area contributed by atoms with E-state index in [0.717, 1.165) is 25.5 Å². The van der Waals surface area contributed by atoms with Gasteiger partial charge >= 0.3 is 0 Å². The first-order chi connectivity index (χ1) is 4.68. The third-order valence-electron chi connectivity index (χ3n) is 2.17. The normalized spacial score (nSPS) is 11.5. The van der Waals surface area contributed by atoms with E-state index >= 15 is 0 Å². The van der Waals surface area contributed by atoms with Crippen LogP contribution in [0.4, 0.5) is 0 Å². The molecule has 0 spiro atoms. The molecule has 0 heterocycles. The van der Waals surface area contributed by atoms with Crippen LogP contribution in [-0.2, 0) is 4.79 Å². The molecule has 0 unspecified atom stereocenters. The predicted octanol–water partition coefficient (Wildman–Crippen LogP) is 1.48. The van der Waals surface area contributed by atoms with Crippen LogP contribution in [0.1, 0.15) is 39.5 Å². The molecule has 0 aliphatic carbocycles. The van der Waals surface area contributed by atoms with E-state index in [0.29, 0.717) is 6.42 Å². The number of rotatable bonds is 5. The average molecular weight is 143 g/mol. The lowest BCUT2D eigenvalue weighted by atomic mass is 9.89. The number of hydrogen-bond donors (Lipinski definition) is 1. The Hall–Kier alpha value is -0.370. The van der Waals surface area contributed by atoms with Gasteiger partial charge in [-0.05, 0) is 19.3 Å². The molecule has 60 valence electrons. The Morgan fingerprint density at radius 3 is 2.20 bits per heavy atom. The molecule has 0 aromatic heterocycles. The highest BCUT2D eigenvalue weighted by molar-refractivity contribution is 5.49. The highest BCUT2D eigenvalue weighted by Gasteiger charge is 2.18. The van der Waals surface area contributed by atoms with Crippen molar-refractivity contribution in [3.05, 3.63) is 0 Å². The molecule has 0 amide bonds. The second-order valence-electron chi connectivity index (χ2n) is 2.77.